The fraction of sp³-hybridized carbons (Fsp3) is 0.571. The van der Waals surface area contributed by atoms with E-state index in [9.17, 15) is 8.42 Å². The molecule has 112 valence electrons. The molecule has 0 radical (unpaired) electrons. The highest BCUT2D eigenvalue weighted by molar-refractivity contribution is 7.89. The van der Waals surface area contributed by atoms with E-state index in [-0.39, 0.29) is 6.54 Å². The molecule has 6 heteroatoms. The number of hydrogen-bond acceptors (Lipinski definition) is 4. The van der Waals surface area contributed by atoms with Crippen LogP contribution in [0.5, 0.6) is 0 Å². The van der Waals surface area contributed by atoms with E-state index in [2.05, 4.69) is 4.72 Å². The van der Waals surface area contributed by atoms with Gasteiger partial charge in [-0.05, 0) is 38.0 Å². The molecule has 1 aliphatic heterocycles. The molecule has 0 unspecified atom stereocenters. The normalized spacial score (nSPS) is 18.4. The molecule has 1 heterocycles. The summed E-state index contributed by atoms with van der Waals surface area (Å²) in [6, 6.07) is 5.39. The van der Waals surface area contributed by atoms with Crippen LogP contribution < -0.4 is 4.72 Å². The molecule has 20 heavy (non-hydrogen) atoms. The number of aryl methyl sites for hydroxylation is 2. The predicted octanol–water partition coefficient (Wildman–Crippen LogP) is 1.73. The Morgan fingerprint density at radius 1 is 1.25 bits per heavy atom. The Morgan fingerprint density at radius 2 is 1.90 bits per heavy atom. The summed E-state index contributed by atoms with van der Waals surface area (Å²) in [5.41, 5.74) is 1.66. The second-order valence-electron chi connectivity index (χ2n) is 5.25. The molecule has 1 aliphatic rings. The number of sulfonamides is 1. The van der Waals surface area contributed by atoms with Crippen LogP contribution in [0.15, 0.2) is 23.1 Å². The lowest BCUT2D eigenvalue weighted by Gasteiger charge is -2.22. The van der Waals surface area contributed by atoms with Gasteiger partial charge in [-0.2, -0.15) is 0 Å². The molecule has 0 aromatic heterocycles. The second kappa shape index (κ2) is 5.81. The zero-order valence-corrected chi connectivity index (χ0v) is 12.9. The molecule has 1 N–H and O–H groups in total. The number of hydrogen-bond donors (Lipinski definition) is 1. The number of ether oxygens (including phenoxy) is 2. The van der Waals surface area contributed by atoms with Gasteiger partial charge in [-0.25, -0.2) is 13.1 Å². The highest BCUT2D eigenvalue weighted by Crippen LogP contribution is 2.22. The Balaban J connectivity index is 2.02. The van der Waals surface area contributed by atoms with Gasteiger partial charge in [0, 0.05) is 13.0 Å². The summed E-state index contributed by atoms with van der Waals surface area (Å²) in [5.74, 6) is -0.676. The molecule has 0 spiro atoms. The summed E-state index contributed by atoms with van der Waals surface area (Å²) in [6.45, 7) is 6.89. The van der Waals surface area contributed by atoms with Crippen molar-refractivity contribution in [1.29, 1.82) is 0 Å². The van der Waals surface area contributed by atoms with Gasteiger partial charge in [-0.1, -0.05) is 12.1 Å². The quantitative estimate of drug-likeness (QED) is 0.899. The average Bonchev–Trinajstić information content (AvgIpc) is 2.79. The van der Waals surface area contributed by atoms with E-state index >= 15 is 0 Å². The molecule has 0 atom stereocenters. The second-order valence-corrected chi connectivity index (χ2v) is 6.98. The maximum Gasteiger partial charge on any atom is 0.240 e. The zero-order valence-electron chi connectivity index (χ0n) is 12.1. The van der Waals surface area contributed by atoms with Crippen LogP contribution in [0.4, 0.5) is 0 Å². The summed E-state index contributed by atoms with van der Waals surface area (Å²) in [4.78, 5) is 0.330. The first kappa shape index (κ1) is 15.4. The molecule has 1 saturated heterocycles. The third kappa shape index (κ3) is 3.58. The van der Waals surface area contributed by atoms with Gasteiger partial charge in [0.2, 0.25) is 10.0 Å². The third-order valence-electron chi connectivity index (χ3n) is 3.40. The number of benzene rings is 1. The number of nitrogens with one attached hydrogen (secondary N) is 1. The Bertz CT molecular complexity index is 577. The minimum absolute atomic E-state index is 0.284. The van der Waals surface area contributed by atoms with E-state index in [4.69, 9.17) is 9.47 Å². The van der Waals surface area contributed by atoms with Gasteiger partial charge in [0.25, 0.3) is 0 Å². The first-order valence-electron chi connectivity index (χ1n) is 6.67. The fourth-order valence-corrected chi connectivity index (χ4v) is 3.55. The van der Waals surface area contributed by atoms with Crippen LogP contribution in [-0.2, 0) is 19.5 Å². The van der Waals surface area contributed by atoms with Crippen molar-refractivity contribution < 1.29 is 17.9 Å². The van der Waals surface area contributed by atoms with Crippen molar-refractivity contribution in [3.8, 4) is 0 Å². The van der Waals surface area contributed by atoms with Gasteiger partial charge in [-0.15, -0.1) is 0 Å². The molecule has 1 aromatic rings. The van der Waals surface area contributed by atoms with Gasteiger partial charge < -0.3 is 9.47 Å². The maximum atomic E-state index is 12.3. The van der Waals surface area contributed by atoms with E-state index in [1.54, 1.807) is 13.0 Å². The maximum absolute atomic E-state index is 12.3. The van der Waals surface area contributed by atoms with Gasteiger partial charge in [0.05, 0.1) is 18.1 Å². The Labute approximate surface area is 120 Å². The molecule has 1 fully saturated rings. The monoisotopic (exact) mass is 299 g/mol. The molecular weight excluding hydrogens is 278 g/mol. The van der Waals surface area contributed by atoms with Crippen molar-refractivity contribution in [3.63, 3.8) is 0 Å². The molecule has 5 nitrogen and oxygen atoms in total. The van der Waals surface area contributed by atoms with Crippen LogP contribution in [0, 0.1) is 13.8 Å². The molecule has 0 aliphatic carbocycles. The average molecular weight is 299 g/mol. The Kier molecular flexibility index (Phi) is 4.49. The minimum atomic E-state index is -3.49. The van der Waals surface area contributed by atoms with E-state index in [1.165, 1.54) is 0 Å². The summed E-state index contributed by atoms with van der Waals surface area (Å²) < 4.78 is 38.1. The van der Waals surface area contributed by atoms with Crippen LogP contribution in [0.2, 0.25) is 0 Å². The summed E-state index contributed by atoms with van der Waals surface area (Å²) in [5, 5.41) is 0. The summed E-state index contributed by atoms with van der Waals surface area (Å²) in [6.07, 6.45) is 0.483. The van der Waals surface area contributed by atoms with Gasteiger partial charge in [0.15, 0.2) is 5.79 Å². The predicted molar refractivity (Wildman–Crippen MR) is 76.0 cm³/mol. The van der Waals surface area contributed by atoms with E-state index in [1.807, 2.05) is 26.0 Å². The first-order valence-corrected chi connectivity index (χ1v) is 8.16. The first-order chi connectivity index (χ1) is 9.32. The van der Waals surface area contributed by atoms with Crippen LogP contribution in [-0.4, -0.2) is 34.0 Å². The van der Waals surface area contributed by atoms with Crippen LogP contribution >= 0.6 is 0 Å². The standard InChI is InChI=1S/C14H21NO4S/c1-11-4-5-12(2)13(10-11)20(16,17)15-7-6-14(3)18-8-9-19-14/h4-5,10,15H,6-9H2,1-3H3. The Morgan fingerprint density at radius 3 is 2.55 bits per heavy atom. The van der Waals surface area contributed by atoms with Gasteiger partial charge in [0.1, 0.15) is 0 Å². The molecule has 0 bridgehead atoms. The fourth-order valence-electron chi connectivity index (χ4n) is 2.19. The largest absolute Gasteiger partial charge is 0.348 e. The SMILES string of the molecule is Cc1ccc(C)c(S(=O)(=O)NCCC2(C)OCCO2)c1. The highest BCUT2D eigenvalue weighted by Gasteiger charge is 2.31. The van der Waals surface area contributed by atoms with Gasteiger partial charge in [-0.3, -0.25) is 0 Å². The number of rotatable bonds is 5. The van der Waals surface area contributed by atoms with E-state index in [0.717, 1.165) is 11.1 Å². The van der Waals surface area contributed by atoms with Crippen molar-refractivity contribution in [2.75, 3.05) is 19.8 Å². The van der Waals surface area contributed by atoms with Crippen LogP contribution in [0.3, 0.4) is 0 Å². The topological polar surface area (TPSA) is 64.6 Å². The van der Waals surface area contributed by atoms with Crippen molar-refractivity contribution in [3.05, 3.63) is 29.3 Å². The summed E-state index contributed by atoms with van der Waals surface area (Å²) >= 11 is 0. The highest BCUT2D eigenvalue weighted by atomic mass is 32.2. The molecule has 0 amide bonds. The van der Waals surface area contributed by atoms with Crippen molar-refractivity contribution in [2.45, 2.75) is 37.9 Å². The molecule has 1 aromatic carbocycles. The molecular formula is C14H21NO4S. The minimum Gasteiger partial charge on any atom is -0.348 e. The van der Waals surface area contributed by atoms with Crippen molar-refractivity contribution in [2.24, 2.45) is 0 Å². The van der Waals surface area contributed by atoms with Crippen LogP contribution in [0.1, 0.15) is 24.5 Å². The van der Waals surface area contributed by atoms with Gasteiger partial charge >= 0.3 is 0 Å². The van der Waals surface area contributed by atoms with E-state index in [0.29, 0.717) is 24.5 Å². The Hall–Kier alpha value is -0.950. The van der Waals surface area contributed by atoms with Crippen LogP contribution in [0.25, 0.3) is 0 Å². The smallest absolute Gasteiger partial charge is 0.240 e. The lowest BCUT2D eigenvalue weighted by atomic mass is 10.2. The lowest BCUT2D eigenvalue weighted by molar-refractivity contribution is -0.145. The van der Waals surface area contributed by atoms with E-state index < -0.39 is 15.8 Å². The third-order valence-corrected chi connectivity index (χ3v) is 5.01. The van der Waals surface area contributed by atoms with Crippen molar-refractivity contribution in [1.82, 2.24) is 4.72 Å². The zero-order chi connectivity index (χ0) is 14.8. The van der Waals surface area contributed by atoms with Crippen molar-refractivity contribution >= 4 is 10.0 Å². The summed E-state index contributed by atoms with van der Waals surface area (Å²) in [7, 11) is -3.49. The lowest BCUT2D eigenvalue weighted by Crippen LogP contribution is -2.33. The molecule has 0 saturated carbocycles. The molecule has 2 rings (SSSR count).